The van der Waals surface area contributed by atoms with Gasteiger partial charge in [-0.3, -0.25) is 4.79 Å². The third kappa shape index (κ3) is 4.26. The first kappa shape index (κ1) is 17.2. The third-order valence-electron chi connectivity index (χ3n) is 3.32. The van der Waals surface area contributed by atoms with E-state index in [1.165, 1.54) is 11.0 Å². The zero-order valence-corrected chi connectivity index (χ0v) is 14.6. The van der Waals surface area contributed by atoms with E-state index in [0.717, 1.165) is 5.69 Å². The molecule has 0 aliphatic rings. The minimum absolute atomic E-state index is 0.304. The van der Waals surface area contributed by atoms with Crippen LogP contribution in [0.15, 0.2) is 48.8 Å². The van der Waals surface area contributed by atoms with E-state index < -0.39 is 6.10 Å². The molecule has 1 heterocycles. The molecule has 3 rings (SSSR count). The topological polar surface area (TPSA) is 81.9 Å². The lowest BCUT2D eigenvalue weighted by atomic mass is 10.2. The number of tetrazole rings is 1. The maximum Gasteiger partial charge on any atom is 0.265 e. The summed E-state index contributed by atoms with van der Waals surface area (Å²) in [6.07, 6.45) is 0.747. The van der Waals surface area contributed by atoms with Gasteiger partial charge in [0.25, 0.3) is 5.91 Å². The molecule has 1 aromatic heterocycles. The minimum Gasteiger partial charge on any atom is -0.479 e. The Kier molecular flexibility index (Phi) is 5.16. The second kappa shape index (κ2) is 7.50. The number of carbonyl (C=O) groups excluding carboxylic acids is 1. The van der Waals surface area contributed by atoms with Crippen molar-refractivity contribution in [2.24, 2.45) is 0 Å². The van der Waals surface area contributed by atoms with Gasteiger partial charge in [0.15, 0.2) is 6.10 Å². The molecule has 0 bridgehead atoms. The Labute approximate surface area is 153 Å². The summed E-state index contributed by atoms with van der Waals surface area (Å²) in [5, 5.41) is 14.6. The van der Waals surface area contributed by atoms with Gasteiger partial charge < -0.3 is 10.1 Å². The van der Waals surface area contributed by atoms with E-state index in [9.17, 15) is 4.79 Å². The number of aromatic nitrogens is 4. The number of halogens is 2. The highest BCUT2D eigenvalue weighted by atomic mass is 35.5. The Hall–Kier alpha value is -2.64. The Morgan fingerprint density at radius 1 is 1.20 bits per heavy atom. The van der Waals surface area contributed by atoms with Gasteiger partial charge in [-0.05, 0) is 59.8 Å². The van der Waals surface area contributed by atoms with Crippen LogP contribution in [0.1, 0.15) is 6.92 Å². The van der Waals surface area contributed by atoms with Crippen LogP contribution in [0, 0.1) is 0 Å². The lowest BCUT2D eigenvalue weighted by Crippen LogP contribution is -2.30. The van der Waals surface area contributed by atoms with E-state index in [-0.39, 0.29) is 5.91 Å². The first-order valence-corrected chi connectivity index (χ1v) is 8.04. The Morgan fingerprint density at radius 2 is 1.96 bits per heavy atom. The molecule has 1 amide bonds. The second-order valence-electron chi connectivity index (χ2n) is 5.13. The molecule has 0 fully saturated rings. The van der Waals surface area contributed by atoms with Crippen molar-refractivity contribution in [2.45, 2.75) is 13.0 Å². The molecular weight excluding hydrogens is 365 g/mol. The molecule has 3 aromatic rings. The van der Waals surface area contributed by atoms with Crippen LogP contribution in [0.25, 0.3) is 5.69 Å². The van der Waals surface area contributed by atoms with E-state index in [1.54, 1.807) is 49.4 Å². The molecule has 0 saturated carbocycles. The van der Waals surface area contributed by atoms with Gasteiger partial charge in [0, 0.05) is 10.7 Å². The van der Waals surface area contributed by atoms with E-state index in [4.69, 9.17) is 27.9 Å². The fourth-order valence-corrected chi connectivity index (χ4v) is 2.49. The SMILES string of the molecule is C[C@H](Oc1ccc(Cl)cc1Cl)C(=O)Nc1ccc(-n2cnnn2)cc1. The molecule has 128 valence electrons. The van der Waals surface area contributed by atoms with Gasteiger partial charge in [0.2, 0.25) is 0 Å². The maximum absolute atomic E-state index is 12.3. The highest BCUT2D eigenvalue weighted by molar-refractivity contribution is 6.35. The molecular formula is C16H13Cl2N5O2. The molecule has 9 heteroatoms. The molecule has 0 spiro atoms. The number of nitrogens with one attached hydrogen (secondary N) is 1. The lowest BCUT2D eigenvalue weighted by Gasteiger charge is -2.16. The largest absolute Gasteiger partial charge is 0.479 e. The van der Waals surface area contributed by atoms with E-state index >= 15 is 0 Å². The highest BCUT2D eigenvalue weighted by Gasteiger charge is 2.16. The lowest BCUT2D eigenvalue weighted by molar-refractivity contribution is -0.122. The summed E-state index contributed by atoms with van der Waals surface area (Å²) in [6.45, 7) is 1.63. The zero-order chi connectivity index (χ0) is 17.8. The quantitative estimate of drug-likeness (QED) is 0.736. The summed E-state index contributed by atoms with van der Waals surface area (Å²) in [5.41, 5.74) is 1.40. The van der Waals surface area contributed by atoms with Crippen LogP contribution in [0.2, 0.25) is 10.0 Å². The minimum atomic E-state index is -0.738. The van der Waals surface area contributed by atoms with Gasteiger partial charge in [-0.25, -0.2) is 4.68 Å². The van der Waals surface area contributed by atoms with Crippen LogP contribution in [0.5, 0.6) is 5.75 Å². The van der Waals surface area contributed by atoms with Crippen molar-refractivity contribution in [1.82, 2.24) is 20.2 Å². The summed E-state index contributed by atoms with van der Waals surface area (Å²) in [6, 6.07) is 11.9. The van der Waals surface area contributed by atoms with E-state index in [0.29, 0.717) is 21.5 Å². The van der Waals surface area contributed by atoms with Crippen molar-refractivity contribution in [3.05, 3.63) is 58.8 Å². The molecule has 0 radical (unpaired) electrons. The standard InChI is InChI=1S/C16H13Cl2N5O2/c1-10(25-15-7-2-11(17)8-14(15)18)16(24)20-12-3-5-13(6-4-12)23-9-19-21-22-23/h2-10H,1H3,(H,20,24)/t10-/m0/s1. The monoisotopic (exact) mass is 377 g/mol. The van der Waals surface area contributed by atoms with E-state index in [1.807, 2.05) is 0 Å². The Morgan fingerprint density at radius 3 is 2.60 bits per heavy atom. The molecule has 0 aliphatic carbocycles. The molecule has 1 atom stereocenters. The number of hydrogen-bond acceptors (Lipinski definition) is 5. The average molecular weight is 378 g/mol. The Balaban J connectivity index is 1.63. The summed E-state index contributed by atoms with van der Waals surface area (Å²) in [7, 11) is 0. The highest BCUT2D eigenvalue weighted by Crippen LogP contribution is 2.28. The number of amides is 1. The molecule has 0 unspecified atom stereocenters. The van der Waals surface area contributed by atoms with Gasteiger partial charge in [-0.2, -0.15) is 0 Å². The molecule has 0 aliphatic heterocycles. The average Bonchev–Trinajstić information content (AvgIpc) is 3.12. The van der Waals surface area contributed by atoms with Crippen LogP contribution in [0.3, 0.4) is 0 Å². The van der Waals surface area contributed by atoms with E-state index in [2.05, 4.69) is 20.8 Å². The number of rotatable bonds is 5. The number of benzene rings is 2. The summed E-state index contributed by atoms with van der Waals surface area (Å²) < 4.78 is 7.10. The second-order valence-corrected chi connectivity index (χ2v) is 5.97. The van der Waals surface area contributed by atoms with Crippen molar-refractivity contribution in [3.63, 3.8) is 0 Å². The van der Waals surface area contributed by atoms with Gasteiger partial charge >= 0.3 is 0 Å². The summed E-state index contributed by atoms with van der Waals surface area (Å²) >= 11 is 11.9. The molecule has 1 N–H and O–H groups in total. The number of ether oxygens (including phenoxy) is 1. The molecule has 0 saturated heterocycles. The van der Waals surface area contributed by atoms with Gasteiger partial charge in [-0.15, -0.1) is 5.10 Å². The van der Waals surface area contributed by atoms with Crippen molar-refractivity contribution >= 4 is 34.8 Å². The number of hydrogen-bond donors (Lipinski definition) is 1. The summed E-state index contributed by atoms with van der Waals surface area (Å²) in [4.78, 5) is 12.3. The predicted octanol–water partition coefficient (Wildman–Crippen LogP) is 3.38. The van der Waals surface area contributed by atoms with Crippen LogP contribution in [0.4, 0.5) is 5.69 Å². The smallest absolute Gasteiger partial charge is 0.265 e. The van der Waals surface area contributed by atoms with Crippen LogP contribution < -0.4 is 10.1 Å². The third-order valence-corrected chi connectivity index (χ3v) is 3.85. The van der Waals surface area contributed by atoms with Crippen molar-refractivity contribution in [3.8, 4) is 11.4 Å². The molecule has 7 nitrogen and oxygen atoms in total. The molecule has 25 heavy (non-hydrogen) atoms. The molecule has 2 aromatic carbocycles. The predicted molar refractivity (Wildman–Crippen MR) is 94.3 cm³/mol. The Bertz CT molecular complexity index is 869. The zero-order valence-electron chi connectivity index (χ0n) is 13.1. The van der Waals surface area contributed by atoms with Crippen LogP contribution in [-0.4, -0.2) is 32.2 Å². The fourth-order valence-electron chi connectivity index (χ4n) is 2.04. The first-order valence-electron chi connectivity index (χ1n) is 7.29. The normalized spacial score (nSPS) is 11.8. The van der Waals surface area contributed by atoms with Crippen molar-refractivity contribution < 1.29 is 9.53 Å². The van der Waals surface area contributed by atoms with Crippen molar-refractivity contribution in [2.75, 3.05) is 5.32 Å². The number of nitrogens with zero attached hydrogens (tertiary/aromatic N) is 4. The van der Waals surface area contributed by atoms with Crippen molar-refractivity contribution in [1.29, 1.82) is 0 Å². The van der Waals surface area contributed by atoms with Gasteiger partial charge in [0.05, 0.1) is 10.7 Å². The van der Waals surface area contributed by atoms with Crippen LogP contribution >= 0.6 is 23.2 Å². The van der Waals surface area contributed by atoms with Gasteiger partial charge in [-0.1, -0.05) is 23.2 Å². The maximum atomic E-state index is 12.3. The van der Waals surface area contributed by atoms with Gasteiger partial charge in [0.1, 0.15) is 12.1 Å². The number of anilines is 1. The summed E-state index contributed by atoms with van der Waals surface area (Å²) in [5.74, 6) is 0.0870. The fraction of sp³-hybridized carbons (Fsp3) is 0.125. The first-order chi connectivity index (χ1) is 12.0. The number of carbonyl (C=O) groups is 1. The van der Waals surface area contributed by atoms with Crippen LogP contribution in [-0.2, 0) is 4.79 Å².